The first-order valence-electron chi connectivity index (χ1n) is 8.74. The van der Waals surface area contributed by atoms with Gasteiger partial charge in [-0.2, -0.15) is 0 Å². The van der Waals surface area contributed by atoms with Crippen LogP contribution in [-0.2, 0) is 0 Å². The Hall–Kier alpha value is -3.54. The van der Waals surface area contributed by atoms with Crippen molar-refractivity contribution >= 4 is 5.91 Å². The van der Waals surface area contributed by atoms with Crippen molar-refractivity contribution in [3.63, 3.8) is 0 Å². The lowest BCUT2D eigenvalue weighted by Gasteiger charge is -2.20. The summed E-state index contributed by atoms with van der Waals surface area (Å²) >= 11 is 0. The van der Waals surface area contributed by atoms with Crippen LogP contribution in [0.1, 0.15) is 27.7 Å². The van der Waals surface area contributed by atoms with E-state index < -0.39 is 6.04 Å². The van der Waals surface area contributed by atoms with Crippen molar-refractivity contribution in [3.05, 3.63) is 83.7 Å². The summed E-state index contributed by atoms with van der Waals surface area (Å²) in [6.45, 7) is 0. The van der Waals surface area contributed by atoms with E-state index >= 15 is 0 Å². The molecule has 0 aliphatic rings. The number of hydrogen-bond donors (Lipinski definition) is 1. The predicted molar refractivity (Wildman–Crippen MR) is 106 cm³/mol. The molecule has 144 valence electrons. The first-order chi connectivity index (χ1) is 13.7. The second kappa shape index (κ2) is 8.90. The van der Waals surface area contributed by atoms with E-state index in [4.69, 9.17) is 14.2 Å². The molecule has 6 nitrogen and oxygen atoms in total. The molecule has 0 radical (unpaired) electrons. The van der Waals surface area contributed by atoms with E-state index in [1.165, 1.54) is 21.3 Å². The van der Waals surface area contributed by atoms with Crippen LogP contribution in [0.25, 0.3) is 0 Å². The summed E-state index contributed by atoms with van der Waals surface area (Å²) in [5, 5.41) is 3.05. The first-order valence-corrected chi connectivity index (χ1v) is 8.74. The van der Waals surface area contributed by atoms with E-state index in [-0.39, 0.29) is 5.91 Å². The zero-order valence-corrected chi connectivity index (χ0v) is 16.0. The molecule has 28 heavy (non-hydrogen) atoms. The highest BCUT2D eigenvalue weighted by Gasteiger charge is 2.21. The van der Waals surface area contributed by atoms with Crippen molar-refractivity contribution in [1.82, 2.24) is 10.3 Å². The number of amides is 1. The molecule has 0 aliphatic carbocycles. The second-order valence-electron chi connectivity index (χ2n) is 5.99. The summed E-state index contributed by atoms with van der Waals surface area (Å²) in [5.74, 6) is 0.992. The lowest BCUT2D eigenvalue weighted by molar-refractivity contribution is 0.0941. The van der Waals surface area contributed by atoms with Crippen LogP contribution < -0.4 is 19.5 Å². The van der Waals surface area contributed by atoms with E-state index in [9.17, 15) is 4.79 Å². The van der Waals surface area contributed by atoms with Gasteiger partial charge in [0.05, 0.1) is 33.1 Å². The van der Waals surface area contributed by atoms with Gasteiger partial charge in [-0.3, -0.25) is 9.78 Å². The van der Waals surface area contributed by atoms with Crippen molar-refractivity contribution < 1.29 is 19.0 Å². The number of carbonyl (C=O) groups excluding carboxylic acids is 1. The molecule has 1 amide bonds. The van der Waals surface area contributed by atoms with Crippen molar-refractivity contribution in [1.29, 1.82) is 0 Å². The predicted octanol–water partition coefficient (Wildman–Crippen LogP) is 3.63. The molecule has 0 aliphatic heterocycles. The summed E-state index contributed by atoms with van der Waals surface area (Å²) in [5.41, 5.74) is 2.07. The van der Waals surface area contributed by atoms with Crippen molar-refractivity contribution in [3.8, 4) is 17.2 Å². The standard InChI is InChI=1S/C22H22N2O4/c1-26-18-13-16(14-19(27-2)21(18)28-3)22(25)24-20(15-9-5-4-6-10-15)17-11-7-8-12-23-17/h4-14,20H,1-3H3,(H,24,25). The molecule has 0 saturated heterocycles. The van der Waals surface area contributed by atoms with Crippen LogP contribution in [0.4, 0.5) is 0 Å². The van der Waals surface area contributed by atoms with Crippen LogP contribution in [0.15, 0.2) is 66.9 Å². The molecule has 1 heterocycles. The van der Waals surface area contributed by atoms with Crippen molar-refractivity contribution in [2.24, 2.45) is 0 Å². The van der Waals surface area contributed by atoms with E-state index in [1.807, 2.05) is 48.5 Å². The maximum absolute atomic E-state index is 13.0. The Kier molecular flexibility index (Phi) is 6.11. The van der Waals surface area contributed by atoms with Gasteiger partial charge in [-0.15, -0.1) is 0 Å². The Labute approximate surface area is 164 Å². The Morgan fingerprint density at radius 2 is 1.54 bits per heavy atom. The Bertz CT molecular complexity index is 865. The third-order valence-corrected chi connectivity index (χ3v) is 4.32. The van der Waals surface area contributed by atoms with Gasteiger partial charge in [0.1, 0.15) is 0 Å². The molecule has 0 fully saturated rings. The molecule has 0 bridgehead atoms. The molecule has 3 aromatic rings. The zero-order valence-electron chi connectivity index (χ0n) is 16.0. The molecule has 1 atom stereocenters. The van der Waals surface area contributed by atoms with Crippen LogP contribution in [0.3, 0.4) is 0 Å². The molecule has 2 aromatic carbocycles. The second-order valence-corrected chi connectivity index (χ2v) is 5.99. The Morgan fingerprint density at radius 3 is 2.07 bits per heavy atom. The molecular weight excluding hydrogens is 356 g/mol. The van der Waals surface area contributed by atoms with Gasteiger partial charge in [0, 0.05) is 11.8 Å². The summed E-state index contributed by atoms with van der Waals surface area (Å²) < 4.78 is 16.0. The minimum absolute atomic E-state index is 0.279. The summed E-state index contributed by atoms with van der Waals surface area (Å²) in [6, 6.07) is 18.2. The number of benzene rings is 2. The maximum atomic E-state index is 13.0. The van der Waals surface area contributed by atoms with Gasteiger partial charge < -0.3 is 19.5 Å². The highest BCUT2D eigenvalue weighted by atomic mass is 16.5. The van der Waals surface area contributed by atoms with E-state index in [2.05, 4.69) is 10.3 Å². The van der Waals surface area contributed by atoms with Gasteiger partial charge in [0.25, 0.3) is 5.91 Å². The zero-order chi connectivity index (χ0) is 19.9. The minimum Gasteiger partial charge on any atom is -0.493 e. The van der Waals surface area contributed by atoms with Crippen LogP contribution in [0.2, 0.25) is 0 Å². The van der Waals surface area contributed by atoms with Crippen molar-refractivity contribution in [2.45, 2.75) is 6.04 Å². The number of carbonyl (C=O) groups is 1. The summed E-state index contributed by atoms with van der Waals surface area (Å²) in [4.78, 5) is 17.5. The topological polar surface area (TPSA) is 69.7 Å². The van der Waals surface area contributed by atoms with Crippen LogP contribution in [-0.4, -0.2) is 32.2 Å². The van der Waals surface area contributed by atoms with E-state index in [0.29, 0.717) is 22.8 Å². The molecule has 1 unspecified atom stereocenters. The molecule has 0 spiro atoms. The number of ether oxygens (including phenoxy) is 3. The molecule has 6 heteroatoms. The van der Waals surface area contributed by atoms with Gasteiger partial charge in [-0.25, -0.2) is 0 Å². The van der Waals surface area contributed by atoms with E-state index in [0.717, 1.165) is 11.3 Å². The average Bonchev–Trinajstić information content (AvgIpc) is 2.77. The number of rotatable bonds is 7. The van der Waals surface area contributed by atoms with E-state index in [1.54, 1.807) is 18.3 Å². The summed E-state index contributed by atoms with van der Waals surface area (Å²) in [7, 11) is 4.55. The van der Waals surface area contributed by atoms with Crippen LogP contribution >= 0.6 is 0 Å². The fourth-order valence-corrected chi connectivity index (χ4v) is 2.95. The third-order valence-electron chi connectivity index (χ3n) is 4.32. The Balaban J connectivity index is 1.97. The SMILES string of the molecule is COc1cc(C(=O)NC(c2ccccc2)c2ccccn2)cc(OC)c1OC. The number of aromatic nitrogens is 1. The van der Waals surface area contributed by atoms with Crippen LogP contribution in [0, 0.1) is 0 Å². The first kappa shape index (κ1) is 19.2. The minimum atomic E-state index is -0.394. The molecule has 3 rings (SSSR count). The number of nitrogens with one attached hydrogen (secondary N) is 1. The quantitative estimate of drug-likeness (QED) is 0.680. The molecule has 1 aromatic heterocycles. The number of hydrogen-bond acceptors (Lipinski definition) is 5. The Morgan fingerprint density at radius 1 is 0.893 bits per heavy atom. The highest BCUT2D eigenvalue weighted by Crippen LogP contribution is 2.38. The normalized spacial score (nSPS) is 11.4. The molecule has 0 saturated carbocycles. The third kappa shape index (κ3) is 4.06. The fourth-order valence-electron chi connectivity index (χ4n) is 2.95. The lowest BCUT2D eigenvalue weighted by Crippen LogP contribution is -2.30. The lowest BCUT2D eigenvalue weighted by atomic mass is 10.0. The van der Waals surface area contributed by atoms with Crippen LogP contribution in [0.5, 0.6) is 17.2 Å². The number of pyridine rings is 1. The van der Waals surface area contributed by atoms with Gasteiger partial charge in [0.15, 0.2) is 11.5 Å². The molecular formula is C22H22N2O4. The summed E-state index contributed by atoms with van der Waals surface area (Å²) in [6.07, 6.45) is 1.71. The highest BCUT2D eigenvalue weighted by molar-refractivity contribution is 5.96. The van der Waals surface area contributed by atoms with Crippen molar-refractivity contribution in [2.75, 3.05) is 21.3 Å². The van der Waals surface area contributed by atoms with Gasteiger partial charge in [0.2, 0.25) is 5.75 Å². The fraction of sp³-hybridized carbons (Fsp3) is 0.182. The maximum Gasteiger partial charge on any atom is 0.252 e. The average molecular weight is 378 g/mol. The largest absolute Gasteiger partial charge is 0.493 e. The van der Waals surface area contributed by atoms with Gasteiger partial charge >= 0.3 is 0 Å². The van der Waals surface area contributed by atoms with Gasteiger partial charge in [-0.1, -0.05) is 36.4 Å². The number of methoxy groups -OCH3 is 3. The molecule has 1 N–H and O–H groups in total. The smallest absolute Gasteiger partial charge is 0.252 e. The number of nitrogens with zero attached hydrogens (tertiary/aromatic N) is 1. The monoisotopic (exact) mass is 378 g/mol. The van der Waals surface area contributed by atoms with Gasteiger partial charge in [-0.05, 0) is 29.8 Å².